The van der Waals surface area contributed by atoms with Gasteiger partial charge in [0, 0.05) is 38.3 Å². The molecular weight excluding hydrogens is 340 g/mol. The fraction of sp³-hybridized carbons (Fsp3) is 0.556. The van der Waals surface area contributed by atoms with E-state index in [1.165, 1.54) is 12.1 Å². The summed E-state index contributed by atoms with van der Waals surface area (Å²) in [5, 5.41) is 6.56. The molecule has 1 aromatic rings. The monoisotopic (exact) mass is 367 g/mol. The molecule has 2 rings (SSSR count). The molecule has 0 spiro atoms. The maximum Gasteiger partial charge on any atom is 0.231 e. The molecule has 1 amide bonds. The van der Waals surface area contributed by atoms with Crippen LogP contribution < -0.4 is 16.4 Å². The summed E-state index contributed by atoms with van der Waals surface area (Å²) in [4.78, 5) is 17.5. The Morgan fingerprint density at radius 1 is 1.35 bits per heavy atom. The Kier molecular flexibility index (Phi) is 7.77. The van der Waals surface area contributed by atoms with Gasteiger partial charge in [0.2, 0.25) is 5.91 Å². The number of hydrogen-bond acceptors (Lipinski definition) is 3. The fourth-order valence-corrected chi connectivity index (χ4v) is 2.98. The highest BCUT2D eigenvalue weighted by atomic mass is 19.1. The minimum absolute atomic E-state index is 0.263. The summed E-state index contributed by atoms with van der Waals surface area (Å²) in [6.45, 7) is 5.01. The molecule has 4 N–H and O–H groups in total. The molecule has 0 bridgehead atoms. The van der Waals surface area contributed by atoms with Crippen molar-refractivity contribution < 1.29 is 13.6 Å². The maximum absolute atomic E-state index is 13.7. The molecule has 1 aromatic carbocycles. The third-order valence-corrected chi connectivity index (χ3v) is 4.32. The van der Waals surface area contributed by atoms with Gasteiger partial charge >= 0.3 is 0 Å². The zero-order chi connectivity index (χ0) is 18.9. The lowest BCUT2D eigenvalue weighted by atomic mass is 10.1. The highest BCUT2D eigenvalue weighted by Crippen LogP contribution is 2.11. The zero-order valence-electron chi connectivity index (χ0n) is 15.1. The summed E-state index contributed by atoms with van der Waals surface area (Å²) in [5.41, 5.74) is 5.68. The molecule has 0 atom stereocenters. The van der Waals surface area contributed by atoms with Crippen LogP contribution in [0.3, 0.4) is 0 Å². The molecule has 144 valence electrons. The number of aliphatic imine (C=N–C) groups is 1. The van der Waals surface area contributed by atoms with E-state index in [-0.39, 0.29) is 11.9 Å². The number of nitrogens with zero attached hydrogens (tertiary/aromatic N) is 2. The van der Waals surface area contributed by atoms with Gasteiger partial charge in [0.25, 0.3) is 0 Å². The first kappa shape index (κ1) is 20.1. The number of carbonyl (C=O) groups excluding carboxylic acids is 1. The number of nitrogens with one attached hydrogen (secondary N) is 2. The van der Waals surface area contributed by atoms with E-state index >= 15 is 0 Å². The van der Waals surface area contributed by atoms with Gasteiger partial charge in [-0.15, -0.1) is 0 Å². The molecule has 0 unspecified atom stereocenters. The molecule has 1 fully saturated rings. The van der Waals surface area contributed by atoms with Gasteiger partial charge in [0.05, 0.1) is 6.54 Å². The maximum atomic E-state index is 13.7. The summed E-state index contributed by atoms with van der Waals surface area (Å²) < 4.78 is 26.6. The van der Waals surface area contributed by atoms with Crippen LogP contribution in [0.2, 0.25) is 0 Å². The first-order chi connectivity index (χ1) is 12.5. The number of hydrogen-bond donors (Lipinski definition) is 3. The molecule has 0 radical (unpaired) electrons. The van der Waals surface area contributed by atoms with Crippen molar-refractivity contribution in [3.05, 3.63) is 35.4 Å². The van der Waals surface area contributed by atoms with E-state index in [0.29, 0.717) is 31.0 Å². The third kappa shape index (κ3) is 6.59. The quantitative estimate of drug-likeness (QED) is 0.496. The lowest BCUT2D eigenvalue weighted by molar-refractivity contribution is -0.119. The van der Waals surface area contributed by atoms with E-state index in [4.69, 9.17) is 5.73 Å². The predicted octanol–water partition coefficient (Wildman–Crippen LogP) is 1.01. The highest BCUT2D eigenvalue weighted by Gasteiger charge is 2.20. The van der Waals surface area contributed by atoms with Crippen molar-refractivity contribution in [2.24, 2.45) is 10.7 Å². The van der Waals surface area contributed by atoms with Gasteiger partial charge in [0.1, 0.15) is 11.6 Å². The topological polar surface area (TPSA) is 82.8 Å². The Balaban J connectivity index is 1.84. The van der Waals surface area contributed by atoms with Gasteiger partial charge in [0.15, 0.2) is 5.96 Å². The molecule has 8 heteroatoms. The Labute approximate surface area is 152 Å². The van der Waals surface area contributed by atoms with Crippen LogP contribution in [0, 0.1) is 11.6 Å². The van der Waals surface area contributed by atoms with Gasteiger partial charge < -0.3 is 16.4 Å². The van der Waals surface area contributed by atoms with Crippen molar-refractivity contribution in [3.8, 4) is 0 Å². The molecule has 0 aromatic heterocycles. The second-order valence-corrected chi connectivity index (χ2v) is 6.41. The molecule has 0 aliphatic carbocycles. The van der Waals surface area contributed by atoms with Crippen LogP contribution in [-0.2, 0) is 11.2 Å². The van der Waals surface area contributed by atoms with Crippen LogP contribution in [0.4, 0.5) is 8.78 Å². The fourth-order valence-electron chi connectivity index (χ4n) is 2.98. The molecule has 1 aliphatic rings. The standard InChI is InChI=1S/C18H27F2N5O/c1-2-22-18(23-8-5-13-3-4-14(19)11-16(13)20)24-15-6-9-25(10-7-15)12-17(21)26/h3-4,11,15H,2,5-10,12H2,1H3,(H2,21,26)(H2,22,23,24). The number of piperidine rings is 1. The lowest BCUT2D eigenvalue weighted by Crippen LogP contribution is -2.49. The normalized spacial score (nSPS) is 16.5. The zero-order valence-corrected chi connectivity index (χ0v) is 15.1. The number of halogens is 2. The Morgan fingerprint density at radius 2 is 2.08 bits per heavy atom. The SMILES string of the molecule is CCNC(=NCCc1ccc(F)cc1F)NC1CCN(CC(N)=O)CC1. The number of benzene rings is 1. The van der Waals surface area contributed by atoms with Gasteiger partial charge in [-0.1, -0.05) is 6.07 Å². The molecule has 6 nitrogen and oxygen atoms in total. The van der Waals surface area contributed by atoms with Crippen LogP contribution in [0.1, 0.15) is 25.3 Å². The van der Waals surface area contributed by atoms with Crippen LogP contribution >= 0.6 is 0 Å². The van der Waals surface area contributed by atoms with Crippen molar-refractivity contribution in [2.45, 2.75) is 32.2 Å². The molecule has 1 saturated heterocycles. The van der Waals surface area contributed by atoms with Crippen molar-refractivity contribution in [1.29, 1.82) is 0 Å². The van der Waals surface area contributed by atoms with Crippen molar-refractivity contribution in [3.63, 3.8) is 0 Å². The Morgan fingerprint density at radius 3 is 2.69 bits per heavy atom. The summed E-state index contributed by atoms with van der Waals surface area (Å²) in [5.74, 6) is -0.741. The number of primary amides is 1. The molecular formula is C18H27F2N5O. The van der Waals surface area contributed by atoms with Gasteiger partial charge in [-0.05, 0) is 37.8 Å². The van der Waals surface area contributed by atoms with E-state index in [2.05, 4.69) is 15.6 Å². The summed E-state index contributed by atoms with van der Waals surface area (Å²) >= 11 is 0. The van der Waals surface area contributed by atoms with Crippen molar-refractivity contribution in [2.75, 3.05) is 32.7 Å². The number of amides is 1. The van der Waals surface area contributed by atoms with E-state index in [1.807, 2.05) is 11.8 Å². The minimum Gasteiger partial charge on any atom is -0.369 e. The highest BCUT2D eigenvalue weighted by molar-refractivity contribution is 5.80. The van der Waals surface area contributed by atoms with E-state index < -0.39 is 11.6 Å². The van der Waals surface area contributed by atoms with Gasteiger partial charge in [-0.3, -0.25) is 14.7 Å². The Hall–Kier alpha value is -2.22. The lowest BCUT2D eigenvalue weighted by Gasteiger charge is -2.32. The molecule has 0 saturated carbocycles. The number of carbonyl (C=O) groups is 1. The molecule has 1 aliphatic heterocycles. The van der Waals surface area contributed by atoms with Crippen LogP contribution in [0.25, 0.3) is 0 Å². The third-order valence-electron chi connectivity index (χ3n) is 4.32. The minimum atomic E-state index is -0.576. The van der Waals surface area contributed by atoms with Crippen LogP contribution in [0.5, 0.6) is 0 Å². The van der Waals surface area contributed by atoms with Gasteiger partial charge in [-0.2, -0.15) is 0 Å². The van der Waals surface area contributed by atoms with E-state index in [1.54, 1.807) is 0 Å². The summed E-state index contributed by atoms with van der Waals surface area (Å²) in [7, 11) is 0. The van der Waals surface area contributed by atoms with E-state index in [9.17, 15) is 13.6 Å². The Bertz CT molecular complexity index is 630. The average Bonchev–Trinajstić information content (AvgIpc) is 2.58. The first-order valence-corrected chi connectivity index (χ1v) is 8.97. The van der Waals surface area contributed by atoms with Crippen molar-refractivity contribution >= 4 is 11.9 Å². The molecule has 1 heterocycles. The second-order valence-electron chi connectivity index (χ2n) is 6.41. The predicted molar refractivity (Wildman–Crippen MR) is 97.8 cm³/mol. The second kappa shape index (κ2) is 10.1. The average molecular weight is 367 g/mol. The first-order valence-electron chi connectivity index (χ1n) is 8.97. The number of nitrogens with two attached hydrogens (primary N) is 1. The number of rotatable bonds is 7. The van der Waals surface area contributed by atoms with Crippen LogP contribution in [0.15, 0.2) is 23.2 Å². The van der Waals surface area contributed by atoms with E-state index in [0.717, 1.165) is 38.5 Å². The largest absolute Gasteiger partial charge is 0.369 e. The van der Waals surface area contributed by atoms with Gasteiger partial charge in [-0.25, -0.2) is 8.78 Å². The molecule has 26 heavy (non-hydrogen) atoms. The number of likely N-dealkylation sites (tertiary alicyclic amines) is 1. The summed E-state index contributed by atoms with van der Waals surface area (Å²) in [6.07, 6.45) is 2.19. The number of guanidine groups is 1. The van der Waals surface area contributed by atoms with Crippen molar-refractivity contribution in [1.82, 2.24) is 15.5 Å². The van der Waals surface area contributed by atoms with Crippen LogP contribution in [-0.4, -0.2) is 55.5 Å². The summed E-state index contributed by atoms with van der Waals surface area (Å²) in [6, 6.07) is 3.86. The smallest absolute Gasteiger partial charge is 0.231 e.